The minimum Gasteiger partial charge on any atom is -0.464 e. The fourth-order valence-corrected chi connectivity index (χ4v) is 1.70. The van der Waals surface area contributed by atoms with Crippen LogP contribution >= 0.6 is 11.3 Å². The van der Waals surface area contributed by atoms with E-state index in [4.69, 9.17) is 15.3 Å². The number of carbonyl (C=O) groups excluding carboxylic acids is 2. The number of carbonyl (C=O) groups is 2. The topological polar surface area (TPSA) is 113 Å². The lowest BCUT2D eigenvalue weighted by Gasteiger charge is -2.19. The normalized spacial score (nSPS) is 11.7. The predicted octanol–water partition coefficient (Wildman–Crippen LogP) is 1.47. The SMILES string of the molecule is C=C(ON=C(C(=O)OC)c1csc(N)n1)C(=O)OC(C)(C)C. The third-order valence-electron chi connectivity index (χ3n) is 2.02. The van der Waals surface area contributed by atoms with E-state index >= 15 is 0 Å². The molecular formula is C13H17N3O5S. The molecule has 1 aromatic rings. The molecule has 0 aromatic carbocycles. The second kappa shape index (κ2) is 7.03. The second-order valence-electron chi connectivity index (χ2n) is 5.02. The summed E-state index contributed by atoms with van der Waals surface area (Å²) in [7, 11) is 1.18. The van der Waals surface area contributed by atoms with Crippen molar-refractivity contribution in [3.05, 3.63) is 23.4 Å². The smallest absolute Gasteiger partial charge is 0.376 e. The summed E-state index contributed by atoms with van der Waals surface area (Å²) in [5.74, 6) is -1.96. The molecular weight excluding hydrogens is 310 g/mol. The summed E-state index contributed by atoms with van der Waals surface area (Å²) in [4.78, 5) is 32.1. The average molecular weight is 327 g/mol. The van der Waals surface area contributed by atoms with Gasteiger partial charge in [-0.2, -0.15) is 0 Å². The van der Waals surface area contributed by atoms with Crippen LogP contribution in [0.4, 0.5) is 5.13 Å². The number of nitrogen functional groups attached to an aromatic ring is 1. The summed E-state index contributed by atoms with van der Waals surface area (Å²) in [5.41, 5.74) is 4.73. The van der Waals surface area contributed by atoms with Gasteiger partial charge in [0.15, 0.2) is 5.13 Å². The molecule has 0 amide bonds. The molecule has 0 unspecified atom stereocenters. The maximum Gasteiger partial charge on any atom is 0.376 e. The van der Waals surface area contributed by atoms with E-state index in [1.165, 1.54) is 12.5 Å². The summed E-state index contributed by atoms with van der Waals surface area (Å²) >= 11 is 1.12. The van der Waals surface area contributed by atoms with Gasteiger partial charge in [0.2, 0.25) is 11.5 Å². The molecule has 2 N–H and O–H groups in total. The lowest BCUT2D eigenvalue weighted by atomic mass is 10.2. The van der Waals surface area contributed by atoms with E-state index in [2.05, 4.69) is 21.5 Å². The summed E-state index contributed by atoms with van der Waals surface area (Å²) in [6.07, 6.45) is 0. The number of thiazole rings is 1. The van der Waals surface area contributed by atoms with Crippen molar-refractivity contribution in [1.82, 2.24) is 4.98 Å². The van der Waals surface area contributed by atoms with E-state index < -0.39 is 17.5 Å². The van der Waals surface area contributed by atoms with Crippen LogP contribution in [-0.2, 0) is 23.9 Å². The zero-order chi connectivity index (χ0) is 16.9. The Kier molecular flexibility index (Phi) is 5.63. The molecule has 9 heteroatoms. The summed E-state index contributed by atoms with van der Waals surface area (Å²) in [6, 6.07) is 0. The van der Waals surface area contributed by atoms with E-state index in [9.17, 15) is 9.59 Å². The highest BCUT2D eigenvalue weighted by molar-refractivity contribution is 7.13. The number of esters is 2. The standard InChI is InChI=1S/C13H17N3O5S/c1-7(10(17)20-13(2,3)4)21-16-9(11(18)19-5)8-6-22-12(14)15-8/h6H,1H2,2-5H3,(H2,14,15). The van der Waals surface area contributed by atoms with E-state index in [-0.39, 0.29) is 22.3 Å². The molecule has 0 bridgehead atoms. The van der Waals surface area contributed by atoms with Crippen LogP contribution in [-0.4, -0.2) is 35.3 Å². The molecule has 0 saturated carbocycles. The van der Waals surface area contributed by atoms with Gasteiger partial charge in [0.1, 0.15) is 11.3 Å². The predicted molar refractivity (Wildman–Crippen MR) is 81.1 cm³/mol. The van der Waals surface area contributed by atoms with Gasteiger partial charge in [0, 0.05) is 5.38 Å². The lowest BCUT2D eigenvalue weighted by Crippen LogP contribution is -2.25. The van der Waals surface area contributed by atoms with Gasteiger partial charge in [-0.15, -0.1) is 11.3 Å². The van der Waals surface area contributed by atoms with Gasteiger partial charge in [-0.1, -0.05) is 5.16 Å². The molecule has 0 radical (unpaired) electrons. The number of oxime groups is 1. The first kappa shape index (κ1) is 17.6. The third-order valence-corrected chi connectivity index (χ3v) is 2.69. The second-order valence-corrected chi connectivity index (χ2v) is 5.91. The first-order valence-electron chi connectivity index (χ1n) is 6.11. The monoisotopic (exact) mass is 327 g/mol. The molecule has 0 atom stereocenters. The van der Waals surface area contributed by atoms with Crippen LogP contribution in [0.1, 0.15) is 26.5 Å². The van der Waals surface area contributed by atoms with Gasteiger partial charge in [0.05, 0.1) is 7.11 Å². The number of anilines is 1. The van der Waals surface area contributed by atoms with Crippen molar-refractivity contribution in [2.45, 2.75) is 26.4 Å². The molecule has 1 aromatic heterocycles. The Balaban J connectivity index is 2.88. The molecule has 1 rings (SSSR count). The van der Waals surface area contributed by atoms with Crippen LogP contribution < -0.4 is 5.73 Å². The fourth-order valence-electron chi connectivity index (χ4n) is 1.15. The van der Waals surface area contributed by atoms with Gasteiger partial charge in [-0.05, 0) is 27.4 Å². The molecule has 1 heterocycles. The van der Waals surface area contributed by atoms with Crippen LogP contribution in [0, 0.1) is 0 Å². The maximum atomic E-state index is 11.7. The molecule has 0 saturated heterocycles. The Morgan fingerprint density at radius 3 is 2.45 bits per heavy atom. The van der Waals surface area contributed by atoms with Crippen LogP contribution in [0.15, 0.2) is 22.9 Å². The van der Waals surface area contributed by atoms with Gasteiger partial charge in [-0.3, -0.25) is 0 Å². The van der Waals surface area contributed by atoms with E-state index in [1.54, 1.807) is 20.8 Å². The first-order valence-corrected chi connectivity index (χ1v) is 6.99. The summed E-state index contributed by atoms with van der Waals surface area (Å²) in [5, 5.41) is 5.31. The number of nitrogens with zero attached hydrogens (tertiary/aromatic N) is 2. The number of rotatable bonds is 5. The van der Waals surface area contributed by atoms with Crippen molar-refractivity contribution in [3.63, 3.8) is 0 Å². The third kappa shape index (κ3) is 5.17. The van der Waals surface area contributed by atoms with E-state index in [0.29, 0.717) is 0 Å². The number of hydrogen-bond donors (Lipinski definition) is 1. The number of hydrogen-bond acceptors (Lipinski definition) is 9. The van der Waals surface area contributed by atoms with Crippen LogP contribution in [0.5, 0.6) is 0 Å². The number of ether oxygens (including phenoxy) is 2. The van der Waals surface area contributed by atoms with Crippen molar-refractivity contribution in [3.8, 4) is 0 Å². The number of nitrogens with two attached hydrogens (primary N) is 1. The van der Waals surface area contributed by atoms with Crippen molar-refractivity contribution in [2.75, 3.05) is 12.8 Å². The highest BCUT2D eigenvalue weighted by atomic mass is 32.1. The van der Waals surface area contributed by atoms with Gasteiger partial charge < -0.3 is 20.0 Å². The highest BCUT2D eigenvalue weighted by Gasteiger charge is 2.22. The Bertz CT molecular complexity index is 615. The van der Waals surface area contributed by atoms with Gasteiger partial charge in [-0.25, -0.2) is 14.6 Å². The zero-order valence-electron chi connectivity index (χ0n) is 12.7. The number of methoxy groups -OCH3 is 1. The highest BCUT2D eigenvalue weighted by Crippen LogP contribution is 2.14. The average Bonchev–Trinajstić information content (AvgIpc) is 2.82. The molecule has 0 aliphatic rings. The Morgan fingerprint density at radius 2 is 2.00 bits per heavy atom. The van der Waals surface area contributed by atoms with E-state index in [0.717, 1.165) is 11.3 Å². The van der Waals surface area contributed by atoms with Crippen molar-refractivity contribution in [2.24, 2.45) is 5.16 Å². The van der Waals surface area contributed by atoms with Crippen LogP contribution in [0.3, 0.4) is 0 Å². The summed E-state index contributed by atoms with van der Waals surface area (Å²) < 4.78 is 9.62. The maximum absolute atomic E-state index is 11.7. The summed E-state index contributed by atoms with van der Waals surface area (Å²) in [6.45, 7) is 8.48. The molecule has 0 aliphatic carbocycles. The minimum absolute atomic E-state index is 0.173. The lowest BCUT2D eigenvalue weighted by molar-refractivity contribution is -0.154. The van der Waals surface area contributed by atoms with Crippen molar-refractivity contribution < 1.29 is 23.9 Å². The quantitative estimate of drug-likeness (QED) is 0.286. The molecule has 0 fully saturated rings. The van der Waals surface area contributed by atoms with Gasteiger partial charge in [0.25, 0.3) is 0 Å². The first-order chi connectivity index (χ1) is 10.1. The molecule has 0 spiro atoms. The molecule has 0 aliphatic heterocycles. The van der Waals surface area contributed by atoms with E-state index in [1.807, 2.05) is 0 Å². The van der Waals surface area contributed by atoms with Crippen LogP contribution in [0.2, 0.25) is 0 Å². The fraction of sp³-hybridized carbons (Fsp3) is 0.385. The number of aromatic nitrogens is 1. The Morgan fingerprint density at radius 1 is 1.36 bits per heavy atom. The molecule has 8 nitrogen and oxygen atoms in total. The zero-order valence-corrected chi connectivity index (χ0v) is 13.5. The minimum atomic E-state index is -0.793. The van der Waals surface area contributed by atoms with Crippen molar-refractivity contribution >= 4 is 34.1 Å². The van der Waals surface area contributed by atoms with Gasteiger partial charge >= 0.3 is 11.9 Å². The van der Waals surface area contributed by atoms with Crippen molar-refractivity contribution in [1.29, 1.82) is 0 Å². The Labute approximate surface area is 131 Å². The van der Waals surface area contributed by atoms with Crippen LogP contribution in [0.25, 0.3) is 0 Å². The largest absolute Gasteiger partial charge is 0.464 e. The Hall–Kier alpha value is -2.42. The molecule has 22 heavy (non-hydrogen) atoms. The molecule has 120 valence electrons.